The molecular formula is C11H13NO2. The van der Waals surface area contributed by atoms with E-state index in [1.807, 2.05) is 0 Å². The maximum absolute atomic E-state index is 11.1. The largest absolute Gasteiger partial charge is 0.384 e. The van der Waals surface area contributed by atoms with Crippen LogP contribution >= 0.6 is 0 Å². The average Bonchev–Trinajstić information content (AvgIpc) is 2.14. The zero-order valence-corrected chi connectivity index (χ0v) is 8.16. The second-order valence-corrected chi connectivity index (χ2v) is 3.85. The fraction of sp³-hybridized carbons (Fsp3) is 0.455. The zero-order valence-electron chi connectivity index (χ0n) is 8.16. The lowest BCUT2D eigenvalue weighted by molar-refractivity contribution is -0.0426. The Bertz CT molecular complexity index is 369. The number of nitrogens with zero attached hydrogens (tertiary/aromatic N) is 1. The number of aliphatic hydroxyl groups is 1. The van der Waals surface area contributed by atoms with Crippen LogP contribution in [0.5, 0.6) is 0 Å². The molecule has 0 aliphatic heterocycles. The molecule has 1 heterocycles. The number of hydrogen-bond donors (Lipinski definition) is 1. The third kappa shape index (κ3) is 1.44. The van der Waals surface area contributed by atoms with Crippen LogP contribution in [0.3, 0.4) is 0 Å². The minimum absolute atomic E-state index is 0.0604. The topological polar surface area (TPSA) is 50.2 Å². The first-order valence-electron chi connectivity index (χ1n) is 4.83. The summed E-state index contributed by atoms with van der Waals surface area (Å²) in [5.41, 5.74) is 0.296. The summed E-state index contributed by atoms with van der Waals surface area (Å²) in [6.07, 6.45) is 2.53. The van der Waals surface area contributed by atoms with E-state index in [2.05, 4.69) is 4.98 Å². The highest BCUT2D eigenvalue weighted by Gasteiger charge is 2.37. The van der Waals surface area contributed by atoms with E-state index < -0.39 is 5.60 Å². The van der Waals surface area contributed by atoms with Crippen molar-refractivity contribution in [2.75, 3.05) is 0 Å². The Kier molecular flexibility index (Phi) is 2.11. The van der Waals surface area contributed by atoms with Crippen molar-refractivity contribution in [3.05, 3.63) is 29.6 Å². The third-order valence-corrected chi connectivity index (χ3v) is 2.77. The molecule has 0 saturated heterocycles. The predicted molar refractivity (Wildman–Crippen MR) is 52.0 cm³/mol. The van der Waals surface area contributed by atoms with Gasteiger partial charge in [0.25, 0.3) is 0 Å². The van der Waals surface area contributed by atoms with E-state index in [-0.39, 0.29) is 5.78 Å². The monoisotopic (exact) mass is 191 g/mol. The highest BCUT2D eigenvalue weighted by molar-refractivity contribution is 5.92. The number of carbonyl (C=O) groups excluding carboxylic acids is 1. The van der Waals surface area contributed by atoms with E-state index in [0.717, 1.165) is 19.3 Å². The molecule has 1 saturated carbocycles. The summed E-state index contributed by atoms with van der Waals surface area (Å²) in [6.45, 7) is 1.48. The first kappa shape index (κ1) is 9.34. The average molecular weight is 191 g/mol. The van der Waals surface area contributed by atoms with Crippen molar-refractivity contribution >= 4 is 5.78 Å². The van der Waals surface area contributed by atoms with E-state index in [4.69, 9.17) is 0 Å². The van der Waals surface area contributed by atoms with Crippen molar-refractivity contribution < 1.29 is 9.90 Å². The van der Waals surface area contributed by atoms with E-state index in [1.165, 1.54) is 6.92 Å². The summed E-state index contributed by atoms with van der Waals surface area (Å²) in [4.78, 5) is 15.3. The molecule has 74 valence electrons. The summed E-state index contributed by atoms with van der Waals surface area (Å²) >= 11 is 0. The molecule has 1 fully saturated rings. The SMILES string of the molecule is CC(=O)c1cccc(C2(O)CCC2)n1. The van der Waals surface area contributed by atoms with Crippen LogP contribution in [0.25, 0.3) is 0 Å². The molecule has 3 heteroatoms. The van der Waals surface area contributed by atoms with Crippen molar-refractivity contribution in [3.8, 4) is 0 Å². The van der Waals surface area contributed by atoms with Gasteiger partial charge in [-0.05, 0) is 31.4 Å². The van der Waals surface area contributed by atoms with E-state index in [1.54, 1.807) is 18.2 Å². The molecule has 0 spiro atoms. The lowest BCUT2D eigenvalue weighted by atomic mass is 9.77. The Morgan fingerprint density at radius 3 is 2.71 bits per heavy atom. The highest BCUT2D eigenvalue weighted by Crippen LogP contribution is 2.39. The fourth-order valence-corrected chi connectivity index (χ4v) is 1.66. The smallest absolute Gasteiger partial charge is 0.178 e. The quantitative estimate of drug-likeness (QED) is 0.723. The molecule has 0 amide bonds. The van der Waals surface area contributed by atoms with Gasteiger partial charge < -0.3 is 5.11 Å². The van der Waals surface area contributed by atoms with Crippen LogP contribution in [-0.2, 0) is 5.60 Å². The van der Waals surface area contributed by atoms with Crippen LogP contribution in [0.2, 0.25) is 0 Å². The molecule has 3 nitrogen and oxygen atoms in total. The Labute approximate surface area is 82.8 Å². The molecule has 1 aliphatic carbocycles. The van der Waals surface area contributed by atoms with Crippen molar-refractivity contribution in [3.63, 3.8) is 0 Å². The van der Waals surface area contributed by atoms with E-state index in [9.17, 15) is 9.90 Å². The van der Waals surface area contributed by atoms with Gasteiger partial charge >= 0.3 is 0 Å². The molecule has 2 rings (SSSR count). The number of Topliss-reactive ketones (excluding diaryl/α,β-unsaturated/α-hetero) is 1. The molecule has 0 aromatic carbocycles. The third-order valence-electron chi connectivity index (χ3n) is 2.77. The van der Waals surface area contributed by atoms with E-state index >= 15 is 0 Å². The van der Waals surface area contributed by atoms with Crippen LogP contribution in [0.1, 0.15) is 42.4 Å². The Morgan fingerprint density at radius 2 is 2.21 bits per heavy atom. The molecule has 0 atom stereocenters. The van der Waals surface area contributed by atoms with Gasteiger partial charge in [-0.15, -0.1) is 0 Å². The number of pyridine rings is 1. The second-order valence-electron chi connectivity index (χ2n) is 3.85. The Balaban J connectivity index is 2.35. The molecular weight excluding hydrogens is 178 g/mol. The van der Waals surface area contributed by atoms with Crippen LogP contribution in [0, 0.1) is 0 Å². The van der Waals surface area contributed by atoms with Crippen molar-refractivity contribution in [2.45, 2.75) is 31.8 Å². The molecule has 0 radical (unpaired) electrons. The maximum Gasteiger partial charge on any atom is 0.178 e. The first-order valence-corrected chi connectivity index (χ1v) is 4.83. The van der Waals surface area contributed by atoms with Gasteiger partial charge in [0.15, 0.2) is 5.78 Å². The molecule has 0 unspecified atom stereocenters. The van der Waals surface area contributed by atoms with Gasteiger partial charge in [-0.1, -0.05) is 6.07 Å². The van der Waals surface area contributed by atoms with Crippen molar-refractivity contribution in [1.82, 2.24) is 4.98 Å². The van der Waals surface area contributed by atoms with Crippen molar-refractivity contribution in [2.24, 2.45) is 0 Å². The van der Waals surface area contributed by atoms with Gasteiger partial charge in [-0.25, -0.2) is 4.98 Å². The zero-order chi connectivity index (χ0) is 10.2. The second kappa shape index (κ2) is 3.17. The highest BCUT2D eigenvalue weighted by atomic mass is 16.3. The summed E-state index contributed by atoms with van der Waals surface area (Å²) in [6, 6.07) is 5.23. The molecule has 1 aromatic heterocycles. The van der Waals surface area contributed by atoms with Gasteiger partial charge in [0.2, 0.25) is 0 Å². The van der Waals surface area contributed by atoms with Gasteiger partial charge in [0.1, 0.15) is 11.3 Å². The Hall–Kier alpha value is -1.22. The molecule has 1 aromatic rings. The molecule has 14 heavy (non-hydrogen) atoms. The van der Waals surface area contributed by atoms with Crippen LogP contribution in [0.4, 0.5) is 0 Å². The van der Waals surface area contributed by atoms with Crippen LogP contribution in [0.15, 0.2) is 18.2 Å². The lowest BCUT2D eigenvalue weighted by Gasteiger charge is -2.35. The Morgan fingerprint density at radius 1 is 1.50 bits per heavy atom. The van der Waals surface area contributed by atoms with E-state index in [0.29, 0.717) is 11.4 Å². The summed E-state index contributed by atoms with van der Waals surface area (Å²) < 4.78 is 0. The number of rotatable bonds is 2. The minimum atomic E-state index is -0.772. The molecule has 1 N–H and O–H groups in total. The lowest BCUT2D eigenvalue weighted by Crippen LogP contribution is -2.34. The number of ketones is 1. The van der Waals surface area contributed by atoms with Gasteiger partial charge in [-0.2, -0.15) is 0 Å². The maximum atomic E-state index is 11.1. The van der Waals surface area contributed by atoms with Gasteiger partial charge in [0, 0.05) is 6.92 Å². The van der Waals surface area contributed by atoms with Gasteiger partial charge in [-0.3, -0.25) is 4.79 Å². The summed E-state index contributed by atoms with van der Waals surface area (Å²) in [5, 5.41) is 10.0. The van der Waals surface area contributed by atoms with Crippen molar-refractivity contribution in [1.29, 1.82) is 0 Å². The number of aromatic nitrogens is 1. The summed E-state index contributed by atoms with van der Waals surface area (Å²) in [5.74, 6) is -0.0604. The molecule has 0 bridgehead atoms. The predicted octanol–water partition coefficient (Wildman–Crippen LogP) is 1.66. The van der Waals surface area contributed by atoms with Crippen LogP contribution in [-0.4, -0.2) is 15.9 Å². The molecule has 1 aliphatic rings. The van der Waals surface area contributed by atoms with Gasteiger partial charge in [0.05, 0.1) is 5.69 Å². The first-order chi connectivity index (χ1) is 6.62. The fourth-order valence-electron chi connectivity index (χ4n) is 1.66. The summed E-state index contributed by atoms with van der Waals surface area (Å²) in [7, 11) is 0. The number of carbonyl (C=O) groups is 1. The standard InChI is InChI=1S/C11H13NO2/c1-8(13)9-4-2-5-10(12-9)11(14)6-3-7-11/h2,4-5,14H,3,6-7H2,1H3. The van der Waals surface area contributed by atoms with Crippen LogP contribution < -0.4 is 0 Å². The normalized spacial score (nSPS) is 18.7. The minimum Gasteiger partial charge on any atom is -0.384 e. The number of hydrogen-bond acceptors (Lipinski definition) is 3.